The predicted octanol–water partition coefficient (Wildman–Crippen LogP) is 1.99. The molecule has 1 N–H and O–H groups in total. The van der Waals surface area contributed by atoms with Gasteiger partial charge in [-0.05, 0) is 11.6 Å². The lowest BCUT2D eigenvalue weighted by Gasteiger charge is -2.04. The van der Waals surface area contributed by atoms with Crippen LogP contribution in [0.5, 0.6) is 0 Å². The van der Waals surface area contributed by atoms with Crippen molar-refractivity contribution in [3.8, 4) is 5.95 Å². The molecule has 30 heavy (non-hydrogen) atoms. The van der Waals surface area contributed by atoms with Crippen molar-refractivity contribution in [2.24, 2.45) is 0 Å². The molecule has 0 aliphatic rings. The van der Waals surface area contributed by atoms with Crippen LogP contribution in [0.3, 0.4) is 0 Å². The second-order valence-corrected chi connectivity index (χ2v) is 7.38. The SMILES string of the molecule is COCc1nc2ncc3c(=O)n(-c4nc(SCc5ccccc5)n[nH]4)ccc3n2n1. The number of aromatic nitrogens is 8. The van der Waals surface area contributed by atoms with E-state index in [1.54, 1.807) is 19.4 Å². The maximum Gasteiger partial charge on any atom is 0.268 e. The van der Waals surface area contributed by atoms with E-state index >= 15 is 0 Å². The standard InChI is InChI=1S/C19H16N8O2S/c1-29-10-15-21-17-20-9-13-14(27(17)25-15)7-8-26(16(13)28)18-22-19(24-23-18)30-11-12-5-3-2-4-6-12/h2-9H,10-11H2,1H3,(H,22,23,24). The molecule has 0 amide bonds. The minimum atomic E-state index is -0.276. The van der Waals surface area contributed by atoms with Gasteiger partial charge in [0.2, 0.25) is 11.1 Å². The summed E-state index contributed by atoms with van der Waals surface area (Å²) in [5.41, 5.74) is 1.50. The molecule has 4 heterocycles. The molecule has 150 valence electrons. The monoisotopic (exact) mass is 420 g/mol. The van der Waals surface area contributed by atoms with Gasteiger partial charge in [-0.1, -0.05) is 42.1 Å². The lowest BCUT2D eigenvalue weighted by atomic mass is 10.2. The highest BCUT2D eigenvalue weighted by Crippen LogP contribution is 2.19. The van der Waals surface area contributed by atoms with Gasteiger partial charge in [0.25, 0.3) is 11.3 Å². The average Bonchev–Trinajstić information content (AvgIpc) is 3.40. The van der Waals surface area contributed by atoms with Crippen LogP contribution < -0.4 is 5.56 Å². The number of nitrogens with zero attached hydrogens (tertiary/aromatic N) is 7. The Morgan fingerprint density at radius 1 is 1.17 bits per heavy atom. The van der Waals surface area contributed by atoms with Gasteiger partial charge >= 0.3 is 0 Å². The number of H-pyrrole nitrogens is 1. The zero-order valence-corrected chi connectivity index (χ0v) is 16.7. The number of rotatable bonds is 6. The van der Waals surface area contributed by atoms with Crippen LogP contribution in [0.2, 0.25) is 0 Å². The topological polar surface area (TPSA) is 116 Å². The highest BCUT2D eigenvalue weighted by atomic mass is 32.2. The molecule has 0 spiro atoms. The number of hydrogen-bond donors (Lipinski definition) is 1. The fourth-order valence-electron chi connectivity index (χ4n) is 3.05. The van der Waals surface area contributed by atoms with Crippen molar-refractivity contribution in [3.05, 3.63) is 70.5 Å². The van der Waals surface area contributed by atoms with Gasteiger partial charge < -0.3 is 4.74 Å². The van der Waals surface area contributed by atoms with Crippen LogP contribution in [-0.2, 0) is 17.1 Å². The number of hydrogen-bond acceptors (Lipinski definition) is 8. The van der Waals surface area contributed by atoms with Crippen molar-refractivity contribution in [1.82, 2.24) is 39.3 Å². The van der Waals surface area contributed by atoms with Crippen LogP contribution in [-0.4, -0.2) is 46.4 Å². The van der Waals surface area contributed by atoms with E-state index < -0.39 is 0 Å². The van der Waals surface area contributed by atoms with E-state index in [1.807, 2.05) is 30.3 Å². The van der Waals surface area contributed by atoms with Crippen molar-refractivity contribution in [2.45, 2.75) is 17.5 Å². The van der Waals surface area contributed by atoms with E-state index in [-0.39, 0.29) is 12.2 Å². The summed E-state index contributed by atoms with van der Waals surface area (Å²) in [6, 6.07) is 11.8. The third-order valence-electron chi connectivity index (χ3n) is 4.44. The minimum absolute atomic E-state index is 0.267. The third kappa shape index (κ3) is 3.33. The summed E-state index contributed by atoms with van der Waals surface area (Å²) in [6.45, 7) is 0.267. The largest absolute Gasteiger partial charge is 0.377 e. The first-order valence-electron chi connectivity index (χ1n) is 9.07. The number of pyridine rings is 1. The van der Waals surface area contributed by atoms with Gasteiger partial charge in [0.1, 0.15) is 6.61 Å². The van der Waals surface area contributed by atoms with Crippen LogP contribution in [0, 0.1) is 0 Å². The van der Waals surface area contributed by atoms with Crippen molar-refractivity contribution >= 4 is 28.4 Å². The van der Waals surface area contributed by atoms with E-state index in [9.17, 15) is 4.79 Å². The molecule has 0 saturated carbocycles. The molecule has 0 aliphatic carbocycles. The highest BCUT2D eigenvalue weighted by Gasteiger charge is 2.14. The van der Waals surface area contributed by atoms with E-state index in [1.165, 1.54) is 32.6 Å². The van der Waals surface area contributed by atoms with Gasteiger partial charge in [-0.25, -0.2) is 10.1 Å². The molecule has 10 nitrogen and oxygen atoms in total. The molecular weight excluding hydrogens is 404 g/mol. The van der Waals surface area contributed by atoms with E-state index in [0.29, 0.717) is 33.6 Å². The van der Waals surface area contributed by atoms with Gasteiger partial charge in [-0.2, -0.15) is 14.5 Å². The Morgan fingerprint density at radius 2 is 2.03 bits per heavy atom. The van der Waals surface area contributed by atoms with Gasteiger partial charge in [-0.3, -0.25) is 9.36 Å². The fraction of sp³-hybridized carbons (Fsp3) is 0.158. The van der Waals surface area contributed by atoms with E-state index in [2.05, 4.69) is 30.2 Å². The van der Waals surface area contributed by atoms with Crippen LogP contribution in [0.15, 0.2) is 58.7 Å². The lowest BCUT2D eigenvalue weighted by molar-refractivity contribution is 0.178. The molecule has 4 aromatic heterocycles. The van der Waals surface area contributed by atoms with Gasteiger partial charge in [0.05, 0.1) is 10.9 Å². The number of ether oxygens (including phenoxy) is 1. The van der Waals surface area contributed by atoms with Crippen molar-refractivity contribution in [3.63, 3.8) is 0 Å². The molecule has 0 unspecified atom stereocenters. The molecule has 0 aliphatic heterocycles. The molecule has 5 rings (SSSR count). The summed E-state index contributed by atoms with van der Waals surface area (Å²) >= 11 is 1.49. The maximum absolute atomic E-state index is 13.0. The number of nitrogens with one attached hydrogen (secondary N) is 1. The Morgan fingerprint density at radius 3 is 2.87 bits per heavy atom. The number of methoxy groups -OCH3 is 1. The van der Waals surface area contributed by atoms with Crippen LogP contribution in [0.1, 0.15) is 11.4 Å². The van der Waals surface area contributed by atoms with Crippen LogP contribution in [0.4, 0.5) is 0 Å². The minimum Gasteiger partial charge on any atom is -0.377 e. The quantitative estimate of drug-likeness (QED) is 0.415. The van der Waals surface area contributed by atoms with Crippen molar-refractivity contribution < 1.29 is 4.74 Å². The lowest BCUT2D eigenvalue weighted by Crippen LogP contribution is -2.20. The molecule has 11 heteroatoms. The second kappa shape index (κ2) is 7.69. The zero-order chi connectivity index (χ0) is 20.5. The molecule has 0 atom stereocenters. The number of aromatic amines is 1. The summed E-state index contributed by atoms with van der Waals surface area (Å²) in [6.07, 6.45) is 3.13. The normalized spacial score (nSPS) is 11.5. The van der Waals surface area contributed by atoms with E-state index in [0.717, 1.165) is 5.75 Å². The predicted molar refractivity (Wildman–Crippen MR) is 111 cm³/mol. The highest BCUT2D eigenvalue weighted by molar-refractivity contribution is 7.98. The Bertz CT molecular complexity index is 1390. The molecule has 5 aromatic rings. The van der Waals surface area contributed by atoms with Crippen molar-refractivity contribution in [1.29, 1.82) is 0 Å². The maximum atomic E-state index is 13.0. The first-order valence-corrected chi connectivity index (χ1v) is 10.1. The summed E-state index contributed by atoms with van der Waals surface area (Å²) in [5.74, 6) is 1.99. The summed E-state index contributed by atoms with van der Waals surface area (Å²) in [7, 11) is 1.57. The molecule has 0 radical (unpaired) electrons. The number of fused-ring (bicyclic) bond motifs is 3. The van der Waals surface area contributed by atoms with Crippen LogP contribution >= 0.6 is 11.8 Å². The van der Waals surface area contributed by atoms with Gasteiger partial charge in [0.15, 0.2) is 5.82 Å². The number of benzene rings is 1. The second-order valence-electron chi connectivity index (χ2n) is 6.44. The Balaban J connectivity index is 1.47. The zero-order valence-electron chi connectivity index (χ0n) is 15.9. The van der Waals surface area contributed by atoms with Crippen LogP contribution in [0.25, 0.3) is 22.6 Å². The molecule has 1 aromatic carbocycles. The Hall–Kier alpha value is -3.57. The fourth-order valence-corrected chi connectivity index (χ4v) is 3.80. The Kier molecular flexibility index (Phi) is 4.73. The molecule has 0 saturated heterocycles. The molecule has 0 bridgehead atoms. The number of thioether (sulfide) groups is 1. The summed E-state index contributed by atoms with van der Waals surface area (Å²) in [5, 5.41) is 12.4. The Labute approximate surface area is 174 Å². The van der Waals surface area contributed by atoms with Gasteiger partial charge in [0, 0.05) is 25.3 Å². The van der Waals surface area contributed by atoms with E-state index in [4.69, 9.17) is 4.74 Å². The first-order chi connectivity index (χ1) is 14.7. The summed E-state index contributed by atoms with van der Waals surface area (Å²) in [4.78, 5) is 26.0. The molecular formula is C19H16N8O2S. The smallest absolute Gasteiger partial charge is 0.268 e. The molecule has 0 fully saturated rings. The first kappa shape index (κ1) is 18.5. The van der Waals surface area contributed by atoms with Crippen molar-refractivity contribution in [2.75, 3.05) is 7.11 Å². The average molecular weight is 420 g/mol. The summed E-state index contributed by atoms with van der Waals surface area (Å²) < 4.78 is 8.01. The third-order valence-corrected chi connectivity index (χ3v) is 5.36. The van der Waals surface area contributed by atoms with Gasteiger partial charge in [-0.15, -0.1) is 10.2 Å².